The van der Waals surface area contributed by atoms with Crippen molar-refractivity contribution in [2.24, 2.45) is 0 Å². The van der Waals surface area contributed by atoms with Gasteiger partial charge >= 0.3 is 11.9 Å². The first-order valence-corrected chi connectivity index (χ1v) is 24.6. The molecule has 0 unspecified atom stereocenters. The molecule has 37 nitrogen and oxygen atoms in total. The average molecular weight is 1160 g/mol. The van der Waals surface area contributed by atoms with Crippen molar-refractivity contribution in [1.29, 1.82) is 0 Å². The van der Waals surface area contributed by atoms with Crippen LogP contribution in [0.15, 0.2) is 0 Å². The second-order valence-corrected chi connectivity index (χ2v) is 19.7. The monoisotopic (exact) mass is 1160 g/mol. The van der Waals surface area contributed by atoms with E-state index < -0.39 is 260 Å². The van der Waals surface area contributed by atoms with E-state index in [1.54, 1.807) is 0 Å². The first-order chi connectivity index (χ1) is 37.4. The number of carboxylic acid groups (broad SMARTS) is 2. The molecular formula is C42H66O37. The van der Waals surface area contributed by atoms with Gasteiger partial charge in [0.15, 0.2) is 56.2 Å². The van der Waals surface area contributed by atoms with Crippen LogP contribution < -0.4 is 0 Å². The summed E-state index contributed by atoms with van der Waals surface area (Å²) in [5.74, 6) is -3.90. The highest BCUT2D eigenvalue weighted by atomic mass is 16.8. The van der Waals surface area contributed by atoms with E-state index >= 15 is 0 Å². The fourth-order valence-electron chi connectivity index (χ4n) is 10.3. The van der Waals surface area contributed by atoms with Crippen LogP contribution in [0.3, 0.4) is 0 Å². The third-order valence-electron chi connectivity index (χ3n) is 14.7. The highest BCUT2D eigenvalue weighted by Gasteiger charge is 2.60. The number of ether oxygens (including phenoxy) is 14. The van der Waals surface area contributed by atoms with E-state index in [1.165, 1.54) is 0 Å². The molecule has 0 saturated carbocycles. The van der Waals surface area contributed by atoms with Gasteiger partial charge in [0, 0.05) is 0 Å². The molecule has 21 aliphatic heterocycles. The van der Waals surface area contributed by atoms with Crippen LogP contribution in [0.1, 0.15) is 0 Å². The molecule has 21 saturated heterocycles. The first-order valence-electron chi connectivity index (χ1n) is 24.6. The van der Waals surface area contributed by atoms with Gasteiger partial charge in [0.1, 0.15) is 159 Å². The minimum absolute atomic E-state index is 1.10. The largest absolute Gasteiger partial charge is 0.479 e. The Morgan fingerprint density at radius 3 is 0.544 bits per heavy atom. The molecule has 0 spiro atoms. The van der Waals surface area contributed by atoms with Crippen molar-refractivity contribution in [2.45, 2.75) is 215 Å². The Bertz CT molecular complexity index is 1970. The Morgan fingerprint density at radius 1 is 0.228 bits per heavy atom. The van der Waals surface area contributed by atoms with Crippen LogP contribution in [0.4, 0.5) is 0 Å². The number of aliphatic carboxylic acids is 2. The quantitative estimate of drug-likeness (QED) is 0.113. The second kappa shape index (κ2) is 25.9. The normalized spacial score (nSPS) is 54.1. The Hall–Kier alpha value is -2.38. The Balaban J connectivity index is 1.09. The van der Waals surface area contributed by atoms with Crippen LogP contribution in [0, 0.1) is 0 Å². The van der Waals surface area contributed by atoms with Crippen molar-refractivity contribution in [1.82, 2.24) is 0 Å². The zero-order chi connectivity index (χ0) is 57.8. The van der Waals surface area contributed by atoms with E-state index in [9.17, 15) is 117 Å². The molecule has 79 heavy (non-hydrogen) atoms. The van der Waals surface area contributed by atoms with Crippen molar-refractivity contribution in [2.75, 3.05) is 33.0 Å². The summed E-state index contributed by atoms with van der Waals surface area (Å²) in [7, 11) is 0. The highest BCUT2D eigenvalue weighted by Crippen LogP contribution is 2.39. The van der Waals surface area contributed by atoms with Gasteiger partial charge in [-0.25, -0.2) is 9.59 Å². The van der Waals surface area contributed by atoms with E-state index in [2.05, 4.69) is 0 Å². The lowest BCUT2D eigenvalue weighted by atomic mass is 9.95. The minimum atomic E-state index is -2.42. The van der Waals surface area contributed by atoms with E-state index in [0.29, 0.717) is 0 Å². The fourth-order valence-corrected chi connectivity index (χ4v) is 10.3. The van der Waals surface area contributed by atoms with Gasteiger partial charge in [0.05, 0.1) is 33.0 Å². The van der Waals surface area contributed by atoms with Crippen molar-refractivity contribution >= 4 is 11.9 Å². The molecule has 0 aromatic rings. The Morgan fingerprint density at radius 2 is 0.380 bits per heavy atom. The van der Waals surface area contributed by atoms with Gasteiger partial charge < -0.3 is 174 Å². The molecule has 21 N–H and O–H groups in total. The lowest BCUT2D eigenvalue weighted by molar-refractivity contribution is -0.394. The number of carboxylic acids is 2. The molecule has 0 aliphatic carbocycles. The van der Waals surface area contributed by atoms with Crippen molar-refractivity contribution in [3.05, 3.63) is 0 Å². The fraction of sp³-hybridized carbons (Fsp3) is 0.952. The van der Waals surface area contributed by atoms with Crippen LogP contribution in [0.2, 0.25) is 0 Å². The number of aliphatic hydroxyl groups is 19. The minimum Gasteiger partial charge on any atom is -0.479 e. The SMILES string of the molecule is O=C(O)[C@H]1O[C@@H]2O[C@H]3[C@H](O)[C@@H](O)[C@@H](O[C@H]4[C@H](O)[C@@H](O)[C@@H](O[C@H]5[C@H](O)[C@@H](O)[C@@H](O[C@H]6[C@H](O)[C@@H](O)[C@@H](O[C@H]7[C@@H](O)[C@H](O)[C@@H](O[C@H]8[C@@H](O)[C@H](O)[C@@H](O[C@H]1[C@H](O)[C@H]2O)O[C@@H]8CO)O[C@@H]7CO)O[C@@H]6C(=O)O)O[C@@H]5CO)O[C@@H]4CO)O[C@@H]3CO. The topological polar surface area (TPSA) is 588 Å². The number of carbonyl (C=O) groups is 2. The van der Waals surface area contributed by atoms with Gasteiger partial charge in [-0.2, -0.15) is 0 Å². The first kappa shape index (κ1) is 62.7. The summed E-state index contributed by atoms with van der Waals surface area (Å²) in [5, 5.41) is 230. The summed E-state index contributed by atoms with van der Waals surface area (Å²) in [6.07, 6.45) is -76.6. The number of hydrogen-bond donors (Lipinski definition) is 21. The number of aliphatic hydroxyl groups excluding tert-OH is 19. The van der Waals surface area contributed by atoms with Crippen molar-refractivity contribution in [3.8, 4) is 0 Å². The Labute approximate surface area is 442 Å². The van der Waals surface area contributed by atoms with Crippen molar-refractivity contribution < 1.29 is 183 Å². The summed E-state index contributed by atoms with van der Waals surface area (Å²) in [5.41, 5.74) is 0. The molecular weight excluding hydrogens is 1100 g/mol. The van der Waals surface area contributed by atoms with Crippen molar-refractivity contribution in [3.63, 3.8) is 0 Å². The predicted octanol–water partition coefficient (Wildman–Crippen LogP) is -15.0. The zero-order valence-electron chi connectivity index (χ0n) is 40.7. The molecule has 37 heteroatoms. The molecule has 14 bridgehead atoms. The molecule has 0 amide bonds. The molecule has 0 aromatic heterocycles. The summed E-state index contributed by atoms with van der Waals surface area (Å²) in [4.78, 5) is 25.2. The van der Waals surface area contributed by atoms with Gasteiger partial charge in [-0.15, -0.1) is 0 Å². The third-order valence-corrected chi connectivity index (χ3v) is 14.7. The smallest absolute Gasteiger partial charge is 0.335 e. The standard InChI is InChI=1S/C42H66O37/c43-1-6-25-11(48)18(55)36(66-6)72-26-7(2-44)69-39(21(58)14(26)51)76-30-17(54)24(61)42(79-32(30)34(62)63)75-29-10(5-47)68-38(20(57)13(29)50)73-27-8(3-45)70-40(22(59)15(27)52)77-31-16(53)23(60)41(78-33(31)35(64)65)74-28-9(4-46)67-37(71-25)19(56)12(28)49/h6-33,36-61H,1-5H2,(H,62,63)(H,64,65)/t6-,7-,8-,9-,10-,11-,12-,13+,14-,15+,16-,17-,18-,19-,20+,21-,22+,23-,24-,25-,26-,27-,28-,29-,30+,31+,32+,33+,36-,37-,38-,39-,40-,41+,42+/m1/s1. The van der Waals surface area contributed by atoms with E-state index in [4.69, 9.17) is 66.3 Å². The summed E-state index contributed by atoms with van der Waals surface area (Å²) in [6.45, 7) is -5.66. The van der Waals surface area contributed by atoms with Gasteiger partial charge in [-0.3, -0.25) is 0 Å². The maximum Gasteiger partial charge on any atom is 0.335 e. The average Bonchev–Trinajstić information content (AvgIpc) is 3.53. The molecule has 0 aromatic carbocycles. The maximum absolute atomic E-state index is 12.6. The van der Waals surface area contributed by atoms with Crippen LogP contribution in [-0.4, -0.2) is 367 Å². The summed E-state index contributed by atoms with van der Waals surface area (Å²) < 4.78 is 77.9. The van der Waals surface area contributed by atoms with E-state index in [0.717, 1.165) is 0 Å². The lowest BCUT2D eigenvalue weighted by Crippen LogP contribution is -2.68. The second-order valence-electron chi connectivity index (χ2n) is 19.7. The summed E-state index contributed by atoms with van der Waals surface area (Å²) >= 11 is 0. The highest BCUT2D eigenvalue weighted by molar-refractivity contribution is 5.74. The van der Waals surface area contributed by atoms with Gasteiger partial charge in [0.2, 0.25) is 0 Å². The zero-order valence-corrected chi connectivity index (χ0v) is 40.7. The van der Waals surface area contributed by atoms with Crippen LogP contribution >= 0.6 is 0 Å². The Kier molecular flexibility index (Phi) is 20.5. The van der Waals surface area contributed by atoms with E-state index in [-0.39, 0.29) is 0 Å². The predicted molar refractivity (Wildman–Crippen MR) is 230 cm³/mol. The van der Waals surface area contributed by atoms with Gasteiger partial charge in [0.25, 0.3) is 0 Å². The molecule has 21 aliphatic rings. The lowest BCUT2D eigenvalue weighted by Gasteiger charge is -2.49. The maximum atomic E-state index is 12.6. The molecule has 21 rings (SSSR count). The van der Waals surface area contributed by atoms with E-state index in [1.807, 2.05) is 0 Å². The van der Waals surface area contributed by atoms with Crippen LogP contribution in [0.5, 0.6) is 0 Å². The number of rotatable bonds is 7. The van der Waals surface area contributed by atoms with Gasteiger partial charge in [-0.05, 0) is 0 Å². The van der Waals surface area contributed by atoms with Gasteiger partial charge in [-0.1, -0.05) is 0 Å². The summed E-state index contributed by atoms with van der Waals surface area (Å²) in [6, 6.07) is 0. The number of hydrogen-bond acceptors (Lipinski definition) is 35. The van der Waals surface area contributed by atoms with Crippen LogP contribution in [-0.2, 0) is 75.9 Å². The molecule has 35 atom stereocenters. The van der Waals surface area contributed by atoms with Crippen LogP contribution in [0.25, 0.3) is 0 Å². The molecule has 456 valence electrons. The molecule has 21 heterocycles. The third kappa shape index (κ3) is 12.2. The molecule has 21 fully saturated rings. The molecule has 0 radical (unpaired) electrons.